The number of aromatic nitrogens is 1. The Kier molecular flexibility index (Phi) is 6.15. The molecule has 2 heterocycles. The molecule has 0 aliphatic carbocycles. The molecule has 0 spiro atoms. The first kappa shape index (κ1) is 19.7. The van der Waals surface area contributed by atoms with E-state index in [1.165, 1.54) is 25.7 Å². The number of rotatable bonds is 4. The van der Waals surface area contributed by atoms with Gasteiger partial charge in [0.25, 0.3) is 5.91 Å². The molecule has 0 unspecified atom stereocenters. The van der Waals surface area contributed by atoms with E-state index in [-0.39, 0.29) is 5.91 Å². The maximum atomic E-state index is 12.7. The summed E-state index contributed by atoms with van der Waals surface area (Å²) in [5, 5.41) is 12.3. The van der Waals surface area contributed by atoms with E-state index in [9.17, 15) is 10.1 Å². The first-order chi connectivity index (χ1) is 13.5. The molecule has 1 aromatic heterocycles. The van der Waals surface area contributed by atoms with Crippen LogP contribution in [-0.4, -0.2) is 38.1 Å². The maximum Gasteiger partial charge on any atom is 0.257 e. The van der Waals surface area contributed by atoms with Gasteiger partial charge in [-0.3, -0.25) is 4.79 Å². The first-order valence-corrected chi connectivity index (χ1v) is 9.74. The molecule has 3 rings (SSSR count). The fourth-order valence-corrected chi connectivity index (χ4v) is 3.58. The summed E-state index contributed by atoms with van der Waals surface area (Å²) >= 11 is 0. The largest absolute Gasteiger partial charge is 0.377 e. The van der Waals surface area contributed by atoms with E-state index in [1.807, 2.05) is 38.1 Å². The van der Waals surface area contributed by atoms with Gasteiger partial charge in [-0.2, -0.15) is 5.26 Å². The second-order valence-corrected chi connectivity index (χ2v) is 7.45. The predicted octanol–water partition coefficient (Wildman–Crippen LogP) is 3.96. The summed E-state index contributed by atoms with van der Waals surface area (Å²) in [5.41, 5.74) is 3.40. The number of nitrogens with one attached hydrogen (secondary N) is 1. The van der Waals surface area contributed by atoms with Crippen molar-refractivity contribution >= 4 is 23.1 Å². The molecule has 0 atom stereocenters. The molecular weight excluding hydrogens is 350 g/mol. The third kappa shape index (κ3) is 4.42. The lowest BCUT2D eigenvalue weighted by atomic mass is 10.1. The van der Waals surface area contributed by atoms with Gasteiger partial charge >= 0.3 is 0 Å². The second kappa shape index (κ2) is 8.75. The van der Waals surface area contributed by atoms with Gasteiger partial charge in [0.1, 0.15) is 11.9 Å². The zero-order valence-electron chi connectivity index (χ0n) is 16.8. The quantitative estimate of drug-likeness (QED) is 0.873. The Balaban J connectivity index is 1.76. The Labute approximate surface area is 166 Å². The molecule has 1 aliphatic heterocycles. The molecule has 28 heavy (non-hydrogen) atoms. The van der Waals surface area contributed by atoms with Crippen molar-refractivity contribution in [2.75, 3.05) is 42.3 Å². The highest BCUT2D eigenvalue weighted by atomic mass is 16.1. The van der Waals surface area contributed by atoms with Crippen molar-refractivity contribution in [2.24, 2.45) is 0 Å². The van der Waals surface area contributed by atoms with Crippen molar-refractivity contribution in [3.8, 4) is 6.07 Å². The van der Waals surface area contributed by atoms with Crippen LogP contribution in [0.5, 0.6) is 0 Å². The van der Waals surface area contributed by atoms with E-state index in [1.54, 1.807) is 18.3 Å². The van der Waals surface area contributed by atoms with Gasteiger partial charge in [-0.1, -0.05) is 12.8 Å². The molecule has 6 nitrogen and oxygen atoms in total. The Morgan fingerprint density at radius 2 is 1.89 bits per heavy atom. The summed E-state index contributed by atoms with van der Waals surface area (Å²) in [6, 6.07) is 9.51. The summed E-state index contributed by atoms with van der Waals surface area (Å²) in [4.78, 5) is 21.4. The molecule has 1 aromatic carbocycles. The van der Waals surface area contributed by atoms with E-state index < -0.39 is 0 Å². The van der Waals surface area contributed by atoms with Gasteiger partial charge in [0, 0.05) is 39.1 Å². The molecule has 1 N–H and O–H groups in total. The smallest absolute Gasteiger partial charge is 0.257 e. The predicted molar refractivity (Wildman–Crippen MR) is 113 cm³/mol. The van der Waals surface area contributed by atoms with Crippen LogP contribution in [0.1, 0.15) is 47.2 Å². The number of benzene rings is 1. The molecule has 1 amide bonds. The van der Waals surface area contributed by atoms with Crippen molar-refractivity contribution in [3.05, 3.63) is 47.2 Å². The van der Waals surface area contributed by atoms with Gasteiger partial charge in [-0.05, 0) is 49.6 Å². The molecule has 1 aliphatic rings. The van der Waals surface area contributed by atoms with Gasteiger partial charge in [-0.25, -0.2) is 4.98 Å². The molecule has 1 saturated heterocycles. The van der Waals surface area contributed by atoms with Crippen LogP contribution in [0.2, 0.25) is 0 Å². The molecule has 0 radical (unpaired) electrons. The van der Waals surface area contributed by atoms with Crippen LogP contribution < -0.4 is 15.1 Å². The number of pyridine rings is 1. The number of nitrogens with zero attached hydrogens (tertiary/aromatic N) is 4. The maximum absolute atomic E-state index is 12.7. The standard InChI is InChI=1S/C22H27N5O/c1-16-12-19(18(14-23)13-20(16)26(2)3)25-22(28)17-8-9-21(24-15-17)27-10-6-4-5-7-11-27/h8-9,12-13,15H,4-7,10-11H2,1-3H3,(H,25,28). The van der Waals surface area contributed by atoms with E-state index in [2.05, 4.69) is 21.3 Å². The van der Waals surface area contributed by atoms with Crippen molar-refractivity contribution in [2.45, 2.75) is 32.6 Å². The van der Waals surface area contributed by atoms with Gasteiger partial charge < -0.3 is 15.1 Å². The highest BCUT2D eigenvalue weighted by molar-refractivity contribution is 6.05. The molecule has 2 aromatic rings. The van der Waals surface area contributed by atoms with Crippen LogP contribution >= 0.6 is 0 Å². The fourth-order valence-electron chi connectivity index (χ4n) is 3.58. The van der Waals surface area contributed by atoms with Crippen LogP contribution in [0.3, 0.4) is 0 Å². The highest BCUT2D eigenvalue weighted by Gasteiger charge is 2.15. The Morgan fingerprint density at radius 1 is 1.18 bits per heavy atom. The van der Waals surface area contributed by atoms with Crippen LogP contribution in [0, 0.1) is 18.3 Å². The zero-order chi connectivity index (χ0) is 20.1. The summed E-state index contributed by atoms with van der Waals surface area (Å²) in [7, 11) is 3.86. The average molecular weight is 377 g/mol. The minimum atomic E-state index is -0.261. The lowest BCUT2D eigenvalue weighted by molar-refractivity contribution is 0.102. The van der Waals surface area contributed by atoms with Gasteiger partial charge in [0.05, 0.1) is 16.8 Å². The van der Waals surface area contributed by atoms with E-state index in [4.69, 9.17) is 0 Å². The summed E-state index contributed by atoms with van der Waals surface area (Å²) in [6.45, 7) is 3.99. The summed E-state index contributed by atoms with van der Waals surface area (Å²) < 4.78 is 0. The Morgan fingerprint density at radius 3 is 2.46 bits per heavy atom. The Bertz CT molecular complexity index is 875. The SMILES string of the molecule is Cc1cc(NC(=O)c2ccc(N3CCCCCC3)nc2)c(C#N)cc1N(C)C. The van der Waals surface area contributed by atoms with E-state index >= 15 is 0 Å². The third-order valence-corrected chi connectivity index (χ3v) is 5.13. The number of carbonyl (C=O) groups excluding carboxylic acids is 1. The Hall–Kier alpha value is -3.07. The number of hydrogen-bond acceptors (Lipinski definition) is 5. The van der Waals surface area contributed by atoms with Crippen LogP contribution in [0.15, 0.2) is 30.5 Å². The van der Waals surface area contributed by atoms with Crippen LogP contribution in [0.4, 0.5) is 17.2 Å². The first-order valence-electron chi connectivity index (χ1n) is 9.74. The van der Waals surface area contributed by atoms with Crippen LogP contribution in [0.25, 0.3) is 0 Å². The van der Waals surface area contributed by atoms with Gasteiger partial charge in [0.15, 0.2) is 0 Å². The lowest BCUT2D eigenvalue weighted by Crippen LogP contribution is -2.25. The van der Waals surface area contributed by atoms with Crippen LogP contribution in [-0.2, 0) is 0 Å². The van der Waals surface area contributed by atoms with Crippen molar-refractivity contribution < 1.29 is 4.79 Å². The summed E-state index contributed by atoms with van der Waals surface area (Å²) in [6.07, 6.45) is 6.52. The minimum Gasteiger partial charge on any atom is -0.377 e. The fraction of sp³-hybridized carbons (Fsp3) is 0.409. The molecule has 0 bridgehead atoms. The zero-order valence-corrected chi connectivity index (χ0v) is 16.8. The number of amides is 1. The highest BCUT2D eigenvalue weighted by Crippen LogP contribution is 2.27. The molecule has 146 valence electrons. The monoisotopic (exact) mass is 377 g/mol. The molecular formula is C22H27N5O. The van der Waals surface area contributed by atoms with Crippen molar-refractivity contribution in [1.82, 2.24) is 4.98 Å². The number of hydrogen-bond donors (Lipinski definition) is 1. The topological polar surface area (TPSA) is 72.3 Å². The average Bonchev–Trinajstić information content (AvgIpc) is 2.97. The third-order valence-electron chi connectivity index (χ3n) is 5.13. The number of carbonyl (C=O) groups is 1. The number of anilines is 3. The normalized spacial score (nSPS) is 14.1. The van der Waals surface area contributed by atoms with Gasteiger partial charge in [-0.15, -0.1) is 0 Å². The van der Waals surface area contributed by atoms with Crippen molar-refractivity contribution in [1.29, 1.82) is 5.26 Å². The number of nitriles is 1. The lowest BCUT2D eigenvalue weighted by Gasteiger charge is -2.21. The molecule has 1 fully saturated rings. The minimum absolute atomic E-state index is 0.261. The van der Waals surface area contributed by atoms with E-state index in [0.717, 1.165) is 30.2 Å². The van der Waals surface area contributed by atoms with Gasteiger partial charge in [0.2, 0.25) is 0 Å². The molecule has 6 heteroatoms. The van der Waals surface area contributed by atoms with Crippen molar-refractivity contribution in [3.63, 3.8) is 0 Å². The second-order valence-electron chi connectivity index (χ2n) is 7.45. The number of aryl methyl sites for hydroxylation is 1. The molecule has 0 saturated carbocycles. The summed E-state index contributed by atoms with van der Waals surface area (Å²) in [5.74, 6) is 0.658. The van der Waals surface area contributed by atoms with E-state index in [0.29, 0.717) is 16.8 Å².